The molecule has 0 radical (unpaired) electrons. The van der Waals surface area contributed by atoms with Crippen molar-refractivity contribution < 1.29 is 0 Å². The normalized spacial score (nSPS) is 14.2. The molecule has 0 spiro atoms. The van der Waals surface area contributed by atoms with E-state index in [1.54, 1.807) is 0 Å². The Balaban J connectivity index is 2.41. The molecule has 0 aliphatic carbocycles. The quantitative estimate of drug-likeness (QED) is 0.878. The van der Waals surface area contributed by atoms with E-state index in [9.17, 15) is 0 Å². The van der Waals surface area contributed by atoms with Crippen molar-refractivity contribution in [2.75, 3.05) is 6.54 Å². The minimum atomic E-state index is 0.196. The van der Waals surface area contributed by atoms with Crippen LogP contribution in [0, 0.1) is 0 Å². The van der Waals surface area contributed by atoms with Gasteiger partial charge in [0.1, 0.15) is 0 Å². The fourth-order valence-corrected chi connectivity index (χ4v) is 3.26. The van der Waals surface area contributed by atoms with Crippen molar-refractivity contribution in [2.45, 2.75) is 32.2 Å². The van der Waals surface area contributed by atoms with Gasteiger partial charge >= 0.3 is 0 Å². The number of rotatable bonds is 6. The minimum absolute atomic E-state index is 0.196. The van der Waals surface area contributed by atoms with Crippen LogP contribution < -0.4 is 5.32 Å². The topological polar surface area (TPSA) is 42.7 Å². The molecular formula is C15H21BrN4. The molecule has 0 aliphatic rings. The Bertz CT molecular complexity index is 519. The summed E-state index contributed by atoms with van der Waals surface area (Å²) < 4.78 is 2.67. The average molecular weight is 337 g/mol. The first-order valence-electron chi connectivity index (χ1n) is 7.02. The smallest absolute Gasteiger partial charge is 0.153 e. The van der Waals surface area contributed by atoms with Crippen LogP contribution in [0.4, 0.5) is 0 Å². The van der Waals surface area contributed by atoms with Gasteiger partial charge in [0.05, 0.1) is 11.7 Å². The highest BCUT2D eigenvalue weighted by Crippen LogP contribution is 2.35. The molecular weight excluding hydrogens is 316 g/mol. The Kier molecular flexibility index (Phi) is 5.31. The van der Waals surface area contributed by atoms with E-state index in [-0.39, 0.29) is 6.04 Å². The molecule has 20 heavy (non-hydrogen) atoms. The molecule has 1 N–H and O–H groups in total. The zero-order valence-electron chi connectivity index (χ0n) is 12.2. The van der Waals surface area contributed by atoms with Crippen molar-refractivity contribution in [1.82, 2.24) is 20.3 Å². The van der Waals surface area contributed by atoms with Crippen LogP contribution in [0.25, 0.3) is 0 Å². The number of benzene rings is 1. The van der Waals surface area contributed by atoms with Gasteiger partial charge in [0.15, 0.2) is 4.60 Å². The number of halogens is 1. The fourth-order valence-electron chi connectivity index (χ4n) is 2.68. The lowest BCUT2D eigenvalue weighted by atomic mass is 9.87. The van der Waals surface area contributed by atoms with Gasteiger partial charge in [0.25, 0.3) is 0 Å². The molecule has 108 valence electrons. The Labute approximate surface area is 128 Å². The third-order valence-corrected chi connectivity index (χ3v) is 4.18. The summed E-state index contributed by atoms with van der Waals surface area (Å²) in [5.41, 5.74) is 2.44. The van der Waals surface area contributed by atoms with Crippen molar-refractivity contribution >= 4 is 15.9 Å². The SMILES string of the molecule is CCNC(c1c(Br)nnn1C)C(CC)c1ccccc1. The second kappa shape index (κ2) is 6.99. The van der Waals surface area contributed by atoms with E-state index in [4.69, 9.17) is 0 Å². The summed E-state index contributed by atoms with van der Waals surface area (Å²) in [7, 11) is 1.94. The number of hydrogen-bond donors (Lipinski definition) is 1. The standard InChI is InChI=1S/C15H21BrN4/c1-4-12(11-9-7-6-8-10-11)13(17-5-2)14-15(16)18-19-20(14)3/h6-10,12-13,17H,4-5H2,1-3H3. The zero-order chi connectivity index (χ0) is 14.5. The third-order valence-electron chi connectivity index (χ3n) is 3.62. The lowest BCUT2D eigenvalue weighted by Crippen LogP contribution is -2.29. The zero-order valence-corrected chi connectivity index (χ0v) is 13.8. The number of hydrogen-bond acceptors (Lipinski definition) is 3. The van der Waals surface area contributed by atoms with Gasteiger partial charge in [-0.1, -0.05) is 49.4 Å². The first-order chi connectivity index (χ1) is 9.69. The molecule has 2 unspecified atom stereocenters. The van der Waals surface area contributed by atoms with Crippen LogP contribution in [0.5, 0.6) is 0 Å². The van der Waals surface area contributed by atoms with Gasteiger partial charge in [0, 0.05) is 13.0 Å². The van der Waals surface area contributed by atoms with Crippen LogP contribution in [0.3, 0.4) is 0 Å². The summed E-state index contributed by atoms with van der Waals surface area (Å²) in [6, 6.07) is 10.8. The maximum absolute atomic E-state index is 4.12. The molecule has 0 saturated carbocycles. The van der Waals surface area contributed by atoms with Gasteiger partial charge in [-0.05, 0) is 34.5 Å². The number of aromatic nitrogens is 3. The predicted molar refractivity (Wildman–Crippen MR) is 84.6 cm³/mol. The van der Waals surface area contributed by atoms with Crippen LogP contribution >= 0.6 is 15.9 Å². The van der Waals surface area contributed by atoms with Gasteiger partial charge in [-0.3, -0.25) is 0 Å². The highest BCUT2D eigenvalue weighted by atomic mass is 79.9. The van der Waals surface area contributed by atoms with E-state index in [0.29, 0.717) is 5.92 Å². The molecule has 4 nitrogen and oxygen atoms in total. The Hall–Kier alpha value is -1.20. The first-order valence-corrected chi connectivity index (χ1v) is 7.81. The summed E-state index contributed by atoms with van der Waals surface area (Å²) in [4.78, 5) is 0. The molecule has 1 aromatic carbocycles. The number of nitrogens with zero attached hydrogens (tertiary/aromatic N) is 3. The number of nitrogens with one attached hydrogen (secondary N) is 1. The maximum Gasteiger partial charge on any atom is 0.153 e. The van der Waals surface area contributed by atoms with E-state index in [2.05, 4.69) is 75.7 Å². The monoisotopic (exact) mass is 336 g/mol. The minimum Gasteiger partial charge on any atom is -0.308 e. The number of likely N-dealkylation sites (N-methyl/N-ethyl adjacent to an activating group) is 1. The van der Waals surface area contributed by atoms with E-state index in [1.807, 2.05) is 11.7 Å². The van der Waals surface area contributed by atoms with E-state index >= 15 is 0 Å². The second-order valence-corrected chi connectivity index (χ2v) is 5.60. The Morgan fingerprint density at radius 1 is 1.25 bits per heavy atom. The molecule has 0 saturated heterocycles. The van der Waals surface area contributed by atoms with Gasteiger partial charge < -0.3 is 5.32 Å². The first kappa shape index (κ1) is 15.2. The molecule has 2 aromatic rings. The number of aryl methyl sites for hydroxylation is 1. The third kappa shape index (κ3) is 3.10. The Morgan fingerprint density at radius 2 is 1.95 bits per heavy atom. The summed E-state index contributed by atoms with van der Waals surface area (Å²) in [5, 5.41) is 11.8. The highest BCUT2D eigenvalue weighted by molar-refractivity contribution is 9.10. The van der Waals surface area contributed by atoms with E-state index in [0.717, 1.165) is 23.3 Å². The summed E-state index contributed by atoms with van der Waals surface area (Å²) in [6.45, 7) is 5.26. The summed E-state index contributed by atoms with van der Waals surface area (Å²) in [6.07, 6.45) is 1.05. The molecule has 2 atom stereocenters. The van der Waals surface area contributed by atoms with Crippen LogP contribution in [0.1, 0.15) is 43.5 Å². The summed E-state index contributed by atoms with van der Waals surface area (Å²) >= 11 is 3.52. The van der Waals surface area contributed by atoms with Gasteiger partial charge in [-0.15, -0.1) is 5.10 Å². The average Bonchev–Trinajstić information content (AvgIpc) is 2.79. The van der Waals surface area contributed by atoms with Crippen molar-refractivity contribution in [2.24, 2.45) is 7.05 Å². The van der Waals surface area contributed by atoms with Crippen LogP contribution in [0.15, 0.2) is 34.9 Å². The van der Waals surface area contributed by atoms with E-state index in [1.165, 1.54) is 5.56 Å². The van der Waals surface area contributed by atoms with Gasteiger partial charge in [0.2, 0.25) is 0 Å². The molecule has 0 bridgehead atoms. The van der Waals surface area contributed by atoms with Crippen LogP contribution in [-0.4, -0.2) is 21.5 Å². The maximum atomic E-state index is 4.12. The molecule has 5 heteroatoms. The lowest BCUT2D eigenvalue weighted by molar-refractivity contribution is 0.419. The van der Waals surface area contributed by atoms with E-state index < -0.39 is 0 Å². The molecule has 1 aromatic heterocycles. The Morgan fingerprint density at radius 3 is 2.45 bits per heavy atom. The molecule has 0 fully saturated rings. The van der Waals surface area contributed by atoms with Crippen LogP contribution in [0.2, 0.25) is 0 Å². The lowest BCUT2D eigenvalue weighted by Gasteiger charge is -2.27. The van der Waals surface area contributed by atoms with Gasteiger partial charge in [-0.2, -0.15) is 0 Å². The van der Waals surface area contributed by atoms with Crippen LogP contribution in [-0.2, 0) is 7.05 Å². The molecule has 0 amide bonds. The molecule has 2 rings (SSSR count). The van der Waals surface area contributed by atoms with Crippen molar-refractivity contribution in [3.05, 3.63) is 46.2 Å². The predicted octanol–water partition coefficient (Wildman–Crippen LogP) is 3.42. The van der Waals surface area contributed by atoms with Gasteiger partial charge in [-0.25, -0.2) is 4.68 Å². The van der Waals surface area contributed by atoms with Crippen molar-refractivity contribution in [1.29, 1.82) is 0 Å². The second-order valence-electron chi connectivity index (χ2n) is 4.85. The summed E-state index contributed by atoms with van der Waals surface area (Å²) in [5.74, 6) is 0.393. The fraction of sp³-hybridized carbons (Fsp3) is 0.467. The highest BCUT2D eigenvalue weighted by Gasteiger charge is 2.27. The molecule has 1 heterocycles. The molecule has 0 aliphatic heterocycles. The van der Waals surface area contributed by atoms with Crippen molar-refractivity contribution in [3.8, 4) is 0 Å². The van der Waals surface area contributed by atoms with Crippen molar-refractivity contribution in [3.63, 3.8) is 0 Å². The largest absolute Gasteiger partial charge is 0.308 e.